The van der Waals surface area contributed by atoms with E-state index >= 15 is 0 Å². The number of sulfonamides is 1. The lowest BCUT2D eigenvalue weighted by Crippen LogP contribution is -2.33. The summed E-state index contributed by atoms with van der Waals surface area (Å²) in [6, 6.07) is 8.18. The Morgan fingerprint density at radius 3 is 2.48 bits per heavy atom. The number of nitrogens with zero attached hydrogens (tertiary/aromatic N) is 6. The van der Waals surface area contributed by atoms with E-state index in [1.165, 1.54) is 5.56 Å². The number of nitrogens with two attached hydrogens (primary N) is 1. The van der Waals surface area contributed by atoms with Crippen LogP contribution in [0.1, 0.15) is 48.5 Å². The molecule has 0 atom stereocenters. The summed E-state index contributed by atoms with van der Waals surface area (Å²) in [5.41, 5.74) is 3.03. The lowest BCUT2D eigenvalue weighted by molar-refractivity contribution is 0.198. The third-order valence-corrected chi connectivity index (χ3v) is 7.15. The number of benzene rings is 1. The second-order valence-corrected chi connectivity index (χ2v) is 9.91. The van der Waals surface area contributed by atoms with Crippen molar-refractivity contribution in [1.29, 1.82) is 0 Å². The van der Waals surface area contributed by atoms with E-state index < -0.39 is 10.0 Å². The molecule has 3 heterocycles. The van der Waals surface area contributed by atoms with Crippen LogP contribution >= 0.6 is 0 Å². The lowest BCUT2D eigenvalue weighted by atomic mass is 9.88. The summed E-state index contributed by atoms with van der Waals surface area (Å²) >= 11 is 0. The number of hydrogen-bond acceptors (Lipinski definition) is 7. The first-order valence-corrected chi connectivity index (χ1v) is 12.2. The van der Waals surface area contributed by atoms with Gasteiger partial charge in [-0.05, 0) is 60.7 Å². The number of rotatable bonds is 7. The van der Waals surface area contributed by atoms with E-state index in [0.29, 0.717) is 11.5 Å². The second kappa shape index (κ2) is 9.38. The molecule has 1 saturated heterocycles. The molecule has 1 fully saturated rings. The maximum atomic E-state index is 12.0. The van der Waals surface area contributed by atoms with Gasteiger partial charge in [0.05, 0.1) is 11.4 Å². The van der Waals surface area contributed by atoms with Crippen molar-refractivity contribution in [2.75, 3.05) is 13.1 Å². The number of tetrazole rings is 1. The van der Waals surface area contributed by atoms with Crippen LogP contribution < -0.4 is 5.14 Å². The molecule has 0 aliphatic carbocycles. The molecule has 0 unspecified atom stereocenters. The second-order valence-electron chi connectivity index (χ2n) is 8.33. The molecule has 3 aromatic rings. The van der Waals surface area contributed by atoms with Crippen molar-refractivity contribution in [2.24, 2.45) is 12.2 Å². The highest BCUT2D eigenvalue weighted by Crippen LogP contribution is 2.33. The van der Waals surface area contributed by atoms with Crippen LogP contribution in [0.5, 0.6) is 0 Å². The number of aryl methyl sites for hydroxylation is 1. The standard InChI is InChI=1S/C22H28N8O2S/c1-15(21(16(2)33(23,31)32)22-25-27-28-26-22)17-4-6-18(7-5-17)19-8-11-30(12-9-19)14-20-24-10-13-29(20)3/h4-7,10,13,19H,2,8-9,11-12,14H2,1,3H3,(H2,23,31,32)(H,25,26,27,28)/b21-15-. The topological polar surface area (TPSA) is 136 Å². The minimum atomic E-state index is -4.02. The zero-order valence-electron chi connectivity index (χ0n) is 18.8. The SMILES string of the molecule is C=C(/C(=C(\C)c1ccc(C2CCN(Cc3nccn3C)CC2)cc1)c1nn[nH]n1)S(N)(=O)=O. The van der Waals surface area contributed by atoms with Gasteiger partial charge in [0.15, 0.2) is 0 Å². The van der Waals surface area contributed by atoms with Crippen LogP contribution in [0.2, 0.25) is 0 Å². The zero-order chi connectivity index (χ0) is 23.6. The number of likely N-dealkylation sites (tertiary alicyclic amines) is 1. The molecule has 10 nitrogen and oxygen atoms in total. The van der Waals surface area contributed by atoms with E-state index in [-0.39, 0.29) is 16.3 Å². The Morgan fingerprint density at radius 1 is 1.24 bits per heavy atom. The summed E-state index contributed by atoms with van der Waals surface area (Å²) in [4.78, 5) is 6.62. The Bertz CT molecular complexity index is 1250. The Morgan fingerprint density at radius 2 is 1.94 bits per heavy atom. The summed E-state index contributed by atoms with van der Waals surface area (Å²) in [6.45, 7) is 8.37. The summed E-state index contributed by atoms with van der Waals surface area (Å²) in [6.07, 6.45) is 5.97. The monoisotopic (exact) mass is 468 g/mol. The maximum absolute atomic E-state index is 12.0. The number of nitrogens with one attached hydrogen (secondary N) is 1. The first kappa shape index (κ1) is 23.0. The van der Waals surface area contributed by atoms with Gasteiger partial charge in [0.1, 0.15) is 5.82 Å². The van der Waals surface area contributed by atoms with E-state index in [9.17, 15) is 8.42 Å². The number of imidazole rings is 1. The summed E-state index contributed by atoms with van der Waals surface area (Å²) in [7, 11) is -1.99. The van der Waals surface area contributed by atoms with Crippen molar-refractivity contribution in [3.63, 3.8) is 0 Å². The van der Waals surface area contributed by atoms with Crippen molar-refractivity contribution >= 4 is 21.2 Å². The average molecular weight is 469 g/mol. The van der Waals surface area contributed by atoms with Gasteiger partial charge >= 0.3 is 0 Å². The van der Waals surface area contributed by atoms with Gasteiger partial charge < -0.3 is 4.57 Å². The minimum absolute atomic E-state index is 0.135. The van der Waals surface area contributed by atoms with Gasteiger partial charge in [0.25, 0.3) is 0 Å². The number of aromatic nitrogens is 6. The van der Waals surface area contributed by atoms with Gasteiger partial charge in [-0.15, -0.1) is 10.2 Å². The largest absolute Gasteiger partial charge is 0.337 e. The van der Waals surface area contributed by atoms with Gasteiger partial charge in [-0.3, -0.25) is 4.90 Å². The fourth-order valence-corrected chi connectivity index (χ4v) is 4.76. The molecule has 2 aromatic heterocycles. The number of primary sulfonamides is 1. The molecule has 1 aliphatic heterocycles. The van der Waals surface area contributed by atoms with E-state index in [1.54, 1.807) is 6.92 Å². The van der Waals surface area contributed by atoms with Gasteiger partial charge in [-0.25, -0.2) is 18.5 Å². The molecule has 0 bridgehead atoms. The van der Waals surface area contributed by atoms with E-state index in [0.717, 1.165) is 43.9 Å². The third kappa shape index (κ3) is 5.10. The van der Waals surface area contributed by atoms with Crippen molar-refractivity contribution < 1.29 is 8.42 Å². The average Bonchev–Trinajstić information content (AvgIpc) is 3.46. The fourth-order valence-electron chi connectivity index (χ4n) is 4.23. The molecule has 33 heavy (non-hydrogen) atoms. The van der Waals surface area contributed by atoms with Gasteiger partial charge in [0, 0.05) is 25.0 Å². The van der Waals surface area contributed by atoms with Gasteiger partial charge in [0.2, 0.25) is 15.8 Å². The molecular formula is C22H28N8O2S. The van der Waals surface area contributed by atoms with Crippen LogP contribution in [0.4, 0.5) is 0 Å². The molecule has 0 amide bonds. The molecular weight excluding hydrogens is 440 g/mol. The quantitative estimate of drug-likeness (QED) is 0.507. The summed E-state index contributed by atoms with van der Waals surface area (Å²) in [5.74, 6) is 1.70. The molecule has 0 saturated carbocycles. The van der Waals surface area contributed by atoms with Crippen LogP contribution in [0.25, 0.3) is 11.1 Å². The molecule has 1 aliphatic rings. The maximum Gasteiger partial charge on any atom is 0.238 e. The van der Waals surface area contributed by atoms with E-state index in [4.69, 9.17) is 5.14 Å². The fraction of sp³-hybridized carbons (Fsp3) is 0.364. The van der Waals surface area contributed by atoms with Crippen molar-refractivity contribution in [1.82, 2.24) is 35.1 Å². The Balaban J connectivity index is 1.49. The van der Waals surface area contributed by atoms with Gasteiger partial charge in [-0.1, -0.05) is 30.8 Å². The minimum Gasteiger partial charge on any atom is -0.337 e. The molecule has 174 valence electrons. The Labute approximate surface area is 193 Å². The Hall–Kier alpha value is -3.15. The van der Waals surface area contributed by atoms with E-state index in [1.807, 2.05) is 31.6 Å². The molecule has 4 rings (SSSR count). The number of allylic oxidation sites excluding steroid dienone is 2. The molecule has 0 spiro atoms. The van der Waals surface area contributed by atoms with Crippen LogP contribution in [0.15, 0.2) is 48.1 Å². The normalized spacial score (nSPS) is 16.6. The van der Waals surface area contributed by atoms with Crippen molar-refractivity contribution in [3.05, 3.63) is 70.9 Å². The van der Waals surface area contributed by atoms with E-state index in [2.05, 4.69) is 53.8 Å². The lowest BCUT2D eigenvalue weighted by Gasteiger charge is -2.32. The third-order valence-electron chi connectivity index (χ3n) is 6.25. The molecule has 3 N–H and O–H groups in total. The highest BCUT2D eigenvalue weighted by molar-refractivity contribution is 7.93. The summed E-state index contributed by atoms with van der Waals surface area (Å²) in [5, 5.41) is 19.1. The van der Waals surface area contributed by atoms with Crippen LogP contribution in [-0.4, -0.2) is 56.6 Å². The number of hydrogen-bond donors (Lipinski definition) is 2. The first-order chi connectivity index (χ1) is 15.7. The first-order valence-electron chi connectivity index (χ1n) is 10.7. The highest BCUT2D eigenvalue weighted by Gasteiger charge is 2.24. The summed E-state index contributed by atoms with van der Waals surface area (Å²) < 4.78 is 26.0. The number of H-pyrrole nitrogens is 1. The predicted octanol–water partition coefficient (Wildman–Crippen LogP) is 2.05. The highest BCUT2D eigenvalue weighted by atomic mass is 32.2. The van der Waals surface area contributed by atoms with Crippen LogP contribution in [-0.2, 0) is 23.6 Å². The Kier molecular flexibility index (Phi) is 6.54. The number of aromatic amines is 1. The van der Waals surface area contributed by atoms with Crippen LogP contribution in [0.3, 0.4) is 0 Å². The van der Waals surface area contributed by atoms with Crippen molar-refractivity contribution in [3.8, 4) is 0 Å². The number of piperidine rings is 1. The molecule has 0 radical (unpaired) electrons. The molecule has 11 heteroatoms. The van der Waals surface area contributed by atoms with Crippen molar-refractivity contribution in [2.45, 2.75) is 32.2 Å². The smallest absolute Gasteiger partial charge is 0.238 e. The van der Waals surface area contributed by atoms with Crippen LogP contribution in [0, 0.1) is 0 Å². The van der Waals surface area contributed by atoms with Gasteiger partial charge in [-0.2, -0.15) is 5.21 Å². The molecule has 1 aromatic carbocycles. The predicted molar refractivity (Wildman–Crippen MR) is 126 cm³/mol. The zero-order valence-corrected chi connectivity index (χ0v) is 19.6.